The van der Waals surface area contributed by atoms with Crippen LogP contribution in [0.25, 0.3) is 0 Å². The fourth-order valence-corrected chi connectivity index (χ4v) is 2.15. The van der Waals surface area contributed by atoms with Crippen molar-refractivity contribution in [3.8, 4) is 0 Å². The largest absolute Gasteiger partial charge is 0.465 e. The topological polar surface area (TPSA) is 46.6 Å². The summed E-state index contributed by atoms with van der Waals surface area (Å²) >= 11 is 11.8. The fourth-order valence-electron chi connectivity index (χ4n) is 1.83. The summed E-state index contributed by atoms with van der Waals surface area (Å²) in [5.74, 6) is -0.565. The van der Waals surface area contributed by atoms with Crippen molar-refractivity contribution >= 4 is 35.1 Å². The smallest absolute Gasteiger partial charge is 0.325 e. The predicted molar refractivity (Wildman–Crippen MR) is 83.6 cm³/mol. The lowest BCUT2D eigenvalue weighted by molar-refractivity contribution is -0.149. The summed E-state index contributed by atoms with van der Waals surface area (Å²) < 4.78 is 4.89. The van der Waals surface area contributed by atoms with E-state index in [0.29, 0.717) is 16.7 Å². The summed E-state index contributed by atoms with van der Waals surface area (Å²) in [7, 11) is 0. The van der Waals surface area contributed by atoms with E-state index >= 15 is 0 Å². The van der Waals surface area contributed by atoms with E-state index in [1.54, 1.807) is 25.1 Å². The summed E-state index contributed by atoms with van der Waals surface area (Å²) in [5.41, 5.74) is 0.754. The molecule has 0 aliphatic rings. The molecule has 0 aromatic heterocycles. The number of carbonyl (C=O) groups excluding carboxylic acids is 2. The van der Waals surface area contributed by atoms with Gasteiger partial charge >= 0.3 is 5.97 Å². The molecule has 0 N–H and O–H groups in total. The second-order valence-electron chi connectivity index (χ2n) is 4.85. The van der Waals surface area contributed by atoms with Gasteiger partial charge in [-0.3, -0.25) is 9.59 Å². The van der Waals surface area contributed by atoms with Crippen LogP contribution in [0.15, 0.2) is 18.2 Å². The highest BCUT2D eigenvalue weighted by molar-refractivity contribution is 6.42. The van der Waals surface area contributed by atoms with Gasteiger partial charge in [-0.2, -0.15) is 0 Å². The third kappa shape index (κ3) is 5.56. The van der Waals surface area contributed by atoms with Gasteiger partial charge in [-0.15, -0.1) is 0 Å². The first-order valence-corrected chi connectivity index (χ1v) is 7.49. The molecular formula is C15H19Cl2NO3. The summed E-state index contributed by atoms with van der Waals surface area (Å²) in [4.78, 5) is 25.4. The lowest BCUT2D eigenvalue weighted by atomic mass is 10.1. The Kier molecular flexibility index (Phi) is 6.99. The molecule has 0 spiro atoms. The Labute approximate surface area is 135 Å². The molecule has 0 fully saturated rings. The maximum atomic E-state index is 12.3. The van der Waals surface area contributed by atoms with E-state index in [-0.39, 0.29) is 24.9 Å². The van der Waals surface area contributed by atoms with Crippen molar-refractivity contribution in [2.24, 2.45) is 0 Å². The second-order valence-corrected chi connectivity index (χ2v) is 5.66. The molecular weight excluding hydrogens is 313 g/mol. The minimum Gasteiger partial charge on any atom is -0.465 e. The third-order valence-electron chi connectivity index (χ3n) is 2.89. The average Bonchev–Trinajstić information content (AvgIpc) is 2.40. The van der Waals surface area contributed by atoms with E-state index in [1.165, 1.54) is 4.90 Å². The molecule has 0 unspecified atom stereocenters. The van der Waals surface area contributed by atoms with Gasteiger partial charge in [0.2, 0.25) is 5.91 Å². The SMILES string of the molecule is CCOC(=O)CN(C(=O)Cc1ccc(Cl)c(Cl)c1)C(C)C. The fraction of sp³-hybridized carbons (Fsp3) is 0.467. The van der Waals surface area contributed by atoms with Crippen LogP contribution < -0.4 is 0 Å². The predicted octanol–water partition coefficient (Wildman–Crippen LogP) is 3.34. The molecule has 1 amide bonds. The second kappa shape index (κ2) is 8.25. The van der Waals surface area contributed by atoms with Gasteiger partial charge in [0.25, 0.3) is 0 Å². The number of esters is 1. The number of hydrogen-bond acceptors (Lipinski definition) is 3. The van der Waals surface area contributed by atoms with Gasteiger partial charge in [-0.1, -0.05) is 29.3 Å². The van der Waals surface area contributed by atoms with Crippen LogP contribution >= 0.6 is 23.2 Å². The maximum absolute atomic E-state index is 12.3. The number of ether oxygens (including phenoxy) is 1. The number of benzene rings is 1. The summed E-state index contributed by atoms with van der Waals surface area (Å²) in [6, 6.07) is 4.96. The summed E-state index contributed by atoms with van der Waals surface area (Å²) in [6.45, 7) is 5.69. The molecule has 116 valence electrons. The molecule has 0 radical (unpaired) electrons. The first-order chi connectivity index (χ1) is 9.85. The Bertz CT molecular complexity index is 518. The molecule has 4 nitrogen and oxygen atoms in total. The van der Waals surface area contributed by atoms with E-state index in [9.17, 15) is 9.59 Å². The Morgan fingerprint density at radius 3 is 2.43 bits per heavy atom. The van der Waals surface area contributed by atoms with Crippen LogP contribution in [0.2, 0.25) is 10.0 Å². The van der Waals surface area contributed by atoms with Crippen LogP contribution in [0, 0.1) is 0 Å². The van der Waals surface area contributed by atoms with Crippen LogP contribution in [0.5, 0.6) is 0 Å². The Balaban J connectivity index is 2.76. The minimum absolute atomic E-state index is 0.0499. The van der Waals surface area contributed by atoms with E-state index in [0.717, 1.165) is 5.56 Å². The molecule has 1 rings (SSSR count). The quantitative estimate of drug-likeness (QED) is 0.751. The third-order valence-corrected chi connectivity index (χ3v) is 3.63. The van der Waals surface area contributed by atoms with Gasteiger partial charge in [0.15, 0.2) is 0 Å². The van der Waals surface area contributed by atoms with Gasteiger partial charge in [0, 0.05) is 6.04 Å². The number of halogens is 2. The standard InChI is InChI=1S/C15H19Cl2NO3/c1-4-21-15(20)9-18(10(2)3)14(19)8-11-5-6-12(16)13(17)7-11/h5-7,10H,4,8-9H2,1-3H3. The van der Waals surface area contributed by atoms with Gasteiger partial charge in [0.05, 0.1) is 23.1 Å². The number of hydrogen-bond donors (Lipinski definition) is 0. The highest BCUT2D eigenvalue weighted by atomic mass is 35.5. The minimum atomic E-state index is -0.409. The summed E-state index contributed by atoms with van der Waals surface area (Å²) in [5, 5.41) is 0.851. The first-order valence-electron chi connectivity index (χ1n) is 6.74. The molecule has 0 atom stereocenters. The highest BCUT2D eigenvalue weighted by Crippen LogP contribution is 2.23. The molecule has 0 aliphatic heterocycles. The number of amides is 1. The molecule has 1 aromatic rings. The number of carbonyl (C=O) groups is 2. The Morgan fingerprint density at radius 1 is 1.24 bits per heavy atom. The first kappa shape index (κ1) is 17.8. The molecule has 21 heavy (non-hydrogen) atoms. The Morgan fingerprint density at radius 2 is 1.90 bits per heavy atom. The number of rotatable bonds is 6. The van der Waals surface area contributed by atoms with Crippen LogP contribution in [0.3, 0.4) is 0 Å². The van der Waals surface area contributed by atoms with Gasteiger partial charge in [-0.25, -0.2) is 0 Å². The van der Waals surface area contributed by atoms with Crippen molar-refractivity contribution in [2.45, 2.75) is 33.2 Å². The zero-order valence-electron chi connectivity index (χ0n) is 12.4. The average molecular weight is 332 g/mol. The summed E-state index contributed by atoms with van der Waals surface area (Å²) in [6.07, 6.45) is 0.161. The van der Waals surface area contributed by atoms with Gasteiger partial charge in [0.1, 0.15) is 6.54 Å². The van der Waals surface area contributed by atoms with Crippen LogP contribution in [0.4, 0.5) is 0 Å². The van der Waals surface area contributed by atoms with Crippen molar-refractivity contribution in [1.82, 2.24) is 4.90 Å². The van der Waals surface area contributed by atoms with E-state index in [4.69, 9.17) is 27.9 Å². The van der Waals surface area contributed by atoms with Crippen molar-refractivity contribution in [3.63, 3.8) is 0 Å². The van der Waals surface area contributed by atoms with Crippen LogP contribution in [-0.2, 0) is 20.7 Å². The molecule has 1 aromatic carbocycles. The van der Waals surface area contributed by atoms with Crippen LogP contribution in [0.1, 0.15) is 26.3 Å². The van der Waals surface area contributed by atoms with Crippen molar-refractivity contribution in [3.05, 3.63) is 33.8 Å². The lowest BCUT2D eigenvalue weighted by Gasteiger charge is -2.25. The zero-order valence-corrected chi connectivity index (χ0v) is 13.9. The van der Waals surface area contributed by atoms with Gasteiger partial charge in [-0.05, 0) is 38.5 Å². The Hall–Kier alpha value is -1.26. The maximum Gasteiger partial charge on any atom is 0.325 e. The molecule has 6 heteroatoms. The molecule has 0 aliphatic carbocycles. The van der Waals surface area contributed by atoms with E-state index in [1.807, 2.05) is 13.8 Å². The zero-order chi connectivity index (χ0) is 16.0. The normalized spacial score (nSPS) is 10.6. The van der Waals surface area contributed by atoms with Crippen LogP contribution in [-0.4, -0.2) is 36.0 Å². The molecule has 0 saturated heterocycles. The molecule has 0 heterocycles. The molecule has 0 saturated carbocycles. The lowest BCUT2D eigenvalue weighted by Crippen LogP contribution is -2.42. The number of nitrogens with zero attached hydrogens (tertiary/aromatic N) is 1. The van der Waals surface area contributed by atoms with E-state index < -0.39 is 5.97 Å². The van der Waals surface area contributed by atoms with Crippen molar-refractivity contribution in [2.75, 3.05) is 13.2 Å². The van der Waals surface area contributed by atoms with Gasteiger partial charge < -0.3 is 9.64 Å². The van der Waals surface area contributed by atoms with E-state index in [2.05, 4.69) is 0 Å². The van der Waals surface area contributed by atoms with Crippen molar-refractivity contribution < 1.29 is 14.3 Å². The molecule has 0 bridgehead atoms. The highest BCUT2D eigenvalue weighted by Gasteiger charge is 2.21. The monoisotopic (exact) mass is 331 g/mol. The van der Waals surface area contributed by atoms with Crippen molar-refractivity contribution in [1.29, 1.82) is 0 Å².